The Balaban J connectivity index is 1.36. The molecule has 7 nitrogen and oxygen atoms in total. The van der Waals surface area contributed by atoms with E-state index in [0.29, 0.717) is 15.8 Å². The molecule has 0 unspecified atom stereocenters. The lowest BCUT2D eigenvalue weighted by molar-refractivity contribution is -0.113. The Morgan fingerprint density at radius 1 is 0.821 bits per heavy atom. The van der Waals surface area contributed by atoms with Gasteiger partial charge in [-0.2, -0.15) is 0 Å². The molecule has 0 saturated carbocycles. The number of aromatic carboxylic acids is 1. The van der Waals surface area contributed by atoms with Gasteiger partial charge in [0.1, 0.15) is 0 Å². The van der Waals surface area contributed by atoms with Gasteiger partial charge in [0.2, 0.25) is 5.91 Å². The van der Waals surface area contributed by atoms with E-state index in [9.17, 15) is 19.5 Å². The topological polar surface area (TPSA) is 108 Å². The van der Waals surface area contributed by atoms with Crippen molar-refractivity contribution in [3.05, 3.63) is 90.2 Å². The first-order valence-corrected chi connectivity index (χ1v) is 14.5. The average molecular weight is 662 g/mol. The van der Waals surface area contributed by atoms with Crippen molar-refractivity contribution >= 4 is 110 Å². The smallest absolute Gasteiger partial charge is 0.338 e. The molecule has 3 N–H and O–H groups in total. The second-order valence-electron chi connectivity index (χ2n) is 7.67. The Morgan fingerprint density at radius 2 is 1.44 bits per heavy atom. The zero-order valence-electron chi connectivity index (χ0n) is 19.2. The van der Waals surface area contributed by atoms with Crippen molar-refractivity contribution in [2.45, 2.75) is 4.90 Å². The molecular weight excluding hydrogens is 648 g/mol. The Labute approximate surface area is 255 Å². The van der Waals surface area contributed by atoms with Gasteiger partial charge in [0, 0.05) is 26.5 Å². The molecule has 200 valence electrons. The van der Waals surface area contributed by atoms with Gasteiger partial charge < -0.3 is 15.7 Å². The van der Waals surface area contributed by atoms with E-state index in [1.165, 1.54) is 23.1 Å². The first-order valence-electron chi connectivity index (χ1n) is 10.7. The van der Waals surface area contributed by atoms with Crippen LogP contribution in [0.25, 0.3) is 11.3 Å². The fourth-order valence-electron chi connectivity index (χ4n) is 3.26. The first-order chi connectivity index (χ1) is 18.5. The van der Waals surface area contributed by atoms with Gasteiger partial charge in [0.15, 0.2) is 5.13 Å². The number of benzene rings is 3. The summed E-state index contributed by atoms with van der Waals surface area (Å²) in [6.07, 6.45) is 0. The normalized spacial score (nSPS) is 10.8. The second kappa shape index (κ2) is 12.8. The number of halogens is 5. The number of hydrogen-bond acceptors (Lipinski definition) is 6. The summed E-state index contributed by atoms with van der Waals surface area (Å²) in [4.78, 5) is 42.2. The van der Waals surface area contributed by atoms with E-state index >= 15 is 0 Å². The molecular formula is C25H14Cl5N3O4S2. The number of carboxylic acids is 1. The highest BCUT2D eigenvalue weighted by Crippen LogP contribution is 2.42. The molecule has 0 radical (unpaired) electrons. The SMILES string of the molecule is O=C(CSc1ccc(NC(=O)c2c(Cl)c(Cl)c(Cl)c(Cl)c2C(=O)O)cc1)Nc1nc(-c2ccc(Cl)cc2)cs1. The molecule has 0 aliphatic carbocycles. The van der Waals surface area contributed by atoms with E-state index in [2.05, 4.69) is 15.6 Å². The zero-order valence-corrected chi connectivity index (χ0v) is 24.6. The number of nitrogens with zero attached hydrogens (tertiary/aromatic N) is 1. The molecule has 4 rings (SSSR count). The van der Waals surface area contributed by atoms with Crippen LogP contribution in [0, 0.1) is 0 Å². The highest BCUT2D eigenvalue weighted by atomic mass is 35.5. The van der Waals surface area contributed by atoms with E-state index in [-0.39, 0.29) is 26.7 Å². The van der Waals surface area contributed by atoms with Gasteiger partial charge in [-0.1, -0.05) is 70.1 Å². The maximum absolute atomic E-state index is 12.9. The third-order valence-electron chi connectivity index (χ3n) is 5.08. The largest absolute Gasteiger partial charge is 0.478 e. The van der Waals surface area contributed by atoms with Gasteiger partial charge in [-0.25, -0.2) is 9.78 Å². The molecule has 0 fully saturated rings. The predicted octanol–water partition coefficient (Wildman–Crippen LogP) is 8.76. The summed E-state index contributed by atoms with van der Waals surface area (Å²) in [7, 11) is 0. The molecule has 0 aliphatic rings. The van der Waals surface area contributed by atoms with E-state index in [1.54, 1.807) is 36.4 Å². The summed E-state index contributed by atoms with van der Waals surface area (Å²) in [5.41, 5.74) is 0.992. The molecule has 14 heteroatoms. The number of nitrogens with one attached hydrogen (secondary N) is 2. The average Bonchev–Trinajstić information content (AvgIpc) is 3.37. The van der Waals surface area contributed by atoms with Crippen LogP contribution < -0.4 is 10.6 Å². The highest BCUT2D eigenvalue weighted by molar-refractivity contribution is 8.00. The molecule has 1 heterocycles. The van der Waals surface area contributed by atoms with Crippen molar-refractivity contribution in [1.29, 1.82) is 0 Å². The molecule has 2 amide bonds. The number of rotatable bonds is 8. The van der Waals surface area contributed by atoms with Gasteiger partial charge in [0.25, 0.3) is 5.91 Å². The Kier molecular flexibility index (Phi) is 9.66. The van der Waals surface area contributed by atoms with Crippen LogP contribution in [0.5, 0.6) is 0 Å². The third kappa shape index (κ3) is 6.99. The van der Waals surface area contributed by atoms with Crippen LogP contribution in [0.1, 0.15) is 20.7 Å². The molecule has 39 heavy (non-hydrogen) atoms. The second-order valence-corrected chi connectivity index (χ2v) is 11.5. The molecule has 0 aliphatic heterocycles. The van der Waals surface area contributed by atoms with E-state index < -0.39 is 28.0 Å². The Bertz CT molecular complexity index is 1580. The molecule has 3 aromatic carbocycles. The lowest BCUT2D eigenvalue weighted by Gasteiger charge is -2.14. The van der Waals surface area contributed by atoms with E-state index in [1.807, 2.05) is 17.5 Å². The summed E-state index contributed by atoms with van der Waals surface area (Å²) in [5.74, 6) is -2.43. The van der Waals surface area contributed by atoms with Gasteiger partial charge >= 0.3 is 5.97 Å². The minimum absolute atomic E-state index is 0.126. The number of hydrogen-bond donors (Lipinski definition) is 3. The van der Waals surface area contributed by atoms with E-state index in [4.69, 9.17) is 58.0 Å². The summed E-state index contributed by atoms with van der Waals surface area (Å²) in [6.45, 7) is 0. The molecule has 0 atom stereocenters. The van der Waals surface area contributed by atoms with Gasteiger partial charge in [0.05, 0.1) is 42.7 Å². The molecule has 1 aromatic heterocycles. The number of carbonyl (C=O) groups is 3. The standard InChI is InChI=1S/C25H14Cl5N3O4S2/c26-12-3-1-11(2-4-12)15-9-39-25(32-15)33-16(34)10-38-14-7-5-13(6-8-14)31-23(35)17-18(24(36)37)20(28)22(30)21(29)19(17)27/h1-9H,10H2,(H,31,35)(H,36,37)(H,32,33,34). The molecule has 0 spiro atoms. The minimum atomic E-state index is -1.49. The number of carbonyl (C=O) groups excluding carboxylic acids is 2. The molecule has 4 aromatic rings. The maximum atomic E-state index is 12.9. The van der Waals surface area contributed by atoms with Gasteiger partial charge in [-0.15, -0.1) is 23.1 Å². The van der Waals surface area contributed by atoms with Crippen LogP contribution in [0.3, 0.4) is 0 Å². The fourth-order valence-corrected chi connectivity index (χ4v) is 5.84. The predicted molar refractivity (Wildman–Crippen MR) is 160 cm³/mol. The highest BCUT2D eigenvalue weighted by Gasteiger charge is 2.29. The monoisotopic (exact) mass is 659 g/mol. The third-order valence-corrected chi connectivity index (χ3v) is 8.90. The van der Waals surface area contributed by atoms with Crippen LogP contribution in [-0.2, 0) is 4.79 Å². The van der Waals surface area contributed by atoms with Crippen LogP contribution in [0.15, 0.2) is 58.8 Å². The summed E-state index contributed by atoms with van der Waals surface area (Å²) in [5, 5.41) is 16.6. The maximum Gasteiger partial charge on any atom is 0.338 e. The summed E-state index contributed by atoms with van der Waals surface area (Å²) in [6, 6.07) is 13.8. The van der Waals surface area contributed by atoms with Crippen molar-refractivity contribution < 1.29 is 19.5 Å². The van der Waals surface area contributed by atoms with Crippen molar-refractivity contribution in [2.75, 3.05) is 16.4 Å². The van der Waals surface area contributed by atoms with Crippen molar-refractivity contribution in [3.8, 4) is 11.3 Å². The van der Waals surface area contributed by atoms with Gasteiger partial charge in [-0.05, 0) is 36.4 Å². The number of anilines is 2. The summed E-state index contributed by atoms with van der Waals surface area (Å²) < 4.78 is 0. The van der Waals surface area contributed by atoms with Crippen molar-refractivity contribution in [1.82, 2.24) is 4.98 Å². The number of thiazole rings is 1. The lowest BCUT2D eigenvalue weighted by Crippen LogP contribution is -2.18. The zero-order chi connectivity index (χ0) is 28.3. The van der Waals surface area contributed by atoms with Crippen LogP contribution in [0.2, 0.25) is 25.1 Å². The minimum Gasteiger partial charge on any atom is -0.478 e. The van der Waals surface area contributed by atoms with Crippen LogP contribution in [0.4, 0.5) is 10.8 Å². The fraction of sp³-hybridized carbons (Fsp3) is 0.0400. The number of amides is 2. The molecule has 0 bridgehead atoms. The van der Waals surface area contributed by atoms with Crippen molar-refractivity contribution in [3.63, 3.8) is 0 Å². The van der Waals surface area contributed by atoms with E-state index in [0.717, 1.165) is 16.2 Å². The van der Waals surface area contributed by atoms with Crippen LogP contribution in [-0.4, -0.2) is 33.6 Å². The Morgan fingerprint density at radius 3 is 2.05 bits per heavy atom. The molecule has 0 saturated heterocycles. The lowest BCUT2D eigenvalue weighted by atomic mass is 10.1. The number of thioether (sulfide) groups is 1. The summed E-state index contributed by atoms with van der Waals surface area (Å²) >= 11 is 32.6. The number of carboxylic acid groups (broad SMARTS) is 1. The quantitative estimate of drug-likeness (QED) is 0.0990. The Hall–Kier alpha value is -2.50. The first kappa shape index (κ1) is 29.5. The number of aromatic nitrogens is 1. The van der Waals surface area contributed by atoms with Crippen LogP contribution >= 0.6 is 81.1 Å². The van der Waals surface area contributed by atoms with Gasteiger partial charge in [-0.3, -0.25) is 9.59 Å². The van der Waals surface area contributed by atoms with Crippen molar-refractivity contribution in [2.24, 2.45) is 0 Å².